The average Bonchev–Trinajstić information content (AvgIpc) is 2.72. The number of piperazine rings is 1. The zero-order chi connectivity index (χ0) is 20.1. The van der Waals surface area contributed by atoms with E-state index in [0.29, 0.717) is 26.2 Å². The van der Waals surface area contributed by atoms with Gasteiger partial charge >= 0.3 is 0 Å². The van der Waals surface area contributed by atoms with E-state index < -0.39 is 0 Å². The quantitative estimate of drug-likeness (QED) is 0.652. The van der Waals surface area contributed by atoms with Gasteiger partial charge in [-0.25, -0.2) is 4.39 Å². The Morgan fingerprint density at radius 1 is 1.11 bits per heavy atom. The van der Waals surface area contributed by atoms with Gasteiger partial charge in [-0.3, -0.25) is 4.79 Å². The van der Waals surface area contributed by atoms with Gasteiger partial charge in [0.05, 0.1) is 0 Å². The number of nitrogens with zero attached hydrogens (tertiary/aromatic N) is 3. The minimum atomic E-state index is -0.279. The van der Waals surface area contributed by atoms with Crippen LogP contribution in [0.3, 0.4) is 0 Å². The highest BCUT2D eigenvalue weighted by Gasteiger charge is 2.24. The van der Waals surface area contributed by atoms with E-state index >= 15 is 0 Å². The Morgan fingerprint density at radius 3 is 2.43 bits per heavy atom. The Morgan fingerprint density at radius 2 is 1.79 bits per heavy atom. The summed E-state index contributed by atoms with van der Waals surface area (Å²) in [5.74, 6) is -0.545. The molecular weight excluding hydrogens is 355 g/mol. The molecule has 0 atom stereocenters. The van der Waals surface area contributed by atoms with Gasteiger partial charge in [0.15, 0.2) is 0 Å². The Hall–Kier alpha value is -3.33. The van der Waals surface area contributed by atoms with Gasteiger partial charge in [0.25, 0.3) is 5.91 Å². The van der Waals surface area contributed by atoms with Gasteiger partial charge in [-0.1, -0.05) is 12.1 Å². The van der Waals surface area contributed by atoms with Crippen molar-refractivity contribution in [3.8, 4) is 6.07 Å². The number of aryl methyl sites for hydroxylation is 1. The van der Waals surface area contributed by atoms with Crippen LogP contribution in [0.1, 0.15) is 11.1 Å². The first kappa shape index (κ1) is 19.4. The molecular formula is C22H23FN4O. The van der Waals surface area contributed by atoms with Crippen LogP contribution < -0.4 is 10.2 Å². The van der Waals surface area contributed by atoms with Gasteiger partial charge in [-0.15, -0.1) is 0 Å². The van der Waals surface area contributed by atoms with Crippen LogP contribution in [0.15, 0.2) is 54.2 Å². The number of anilines is 2. The van der Waals surface area contributed by atoms with E-state index in [1.54, 1.807) is 17.0 Å². The van der Waals surface area contributed by atoms with Crippen molar-refractivity contribution >= 4 is 17.3 Å². The van der Waals surface area contributed by atoms with Crippen molar-refractivity contribution < 1.29 is 9.18 Å². The molecule has 1 N–H and O–H groups in total. The number of carbonyl (C=O) groups excluding carboxylic acids is 1. The molecule has 0 saturated carbocycles. The van der Waals surface area contributed by atoms with E-state index in [1.807, 2.05) is 38.1 Å². The average molecular weight is 378 g/mol. The van der Waals surface area contributed by atoms with Gasteiger partial charge in [0.2, 0.25) is 0 Å². The van der Waals surface area contributed by atoms with Gasteiger partial charge in [-0.2, -0.15) is 5.26 Å². The molecule has 1 heterocycles. The SMILES string of the molecule is Cc1cccc(N/C=C(/C#N)C(=O)N2CCN(c3ccc(F)cc3)CC2)c1C. The first-order valence-electron chi connectivity index (χ1n) is 9.22. The number of hydrogen-bond acceptors (Lipinski definition) is 4. The third-order valence-corrected chi connectivity index (χ3v) is 5.09. The van der Waals surface area contributed by atoms with Crippen molar-refractivity contribution in [3.63, 3.8) is 0 Å². The monoisotopic (exact) mass is 378 g/mol. The molecule has 5 nitrogen and oxygen atoms in total. The number of carbonyl (C=O) groups is 1. The van der Waals surface area contributed by atoms with Gasteiger partial charge in [0.1, 0.15) is 17.5 Å². The van der Waals surface area contributed by atoms with Crippen molar-refractivity contribution in [1.29, 1.82) is 5.26 Å². The Kier molecular flexibility index (Phi) is 5.95. The number of rotatable bonds is 4. The summed E-state index contributed by atoms with van der Waals surface area (Å²) < 4.78 is 13.1. The predicted molar refractivity (Wildman–Crippen MR) is 108 cm³/mol. The molecule has 0 spiro atoms. The summed E-state index contributed by atoms with van der Waals surface area (Å²) in [7, 11) is 0. The van der Waals surface area contributed by atoms with Crippen LogP contribution in [0.2, 0.25) is 0 Å². The van der Waals surface area contributed by atoms with Crippen molar-refractivity contribution in [2.75, 3.05) is 36.4 Å². The zero-order valence-electron chi connectivity index (χ0n) is 16.1. The molecule has 1 aliphatic rings. The fraction of sp³-hybridized carbons (Fsp3) is 0.273. The molecule has 28 heavy (non-hydrogen) atoms. The predicted octanol–water partition coefficient (Wildman–Crippen LogP) is 3.61. The Bertz CT molecular complexity index is 923. The number of hydrogen-bond donors (Lipinski definition) is 1. The second-order valence-corrected chi connectivity index (χ2v) is 6.82. The fourth-order valence-electron chi connectivity index (χ4n) is 3.19. The molecule has 0 radical (unpaired) electrons. The topological polar surface area (TPSA) is 59.4 Å². The van der Waals surface area contributed by atoms with Crippen LogP contribution in [-0.4, -0.2) is 37.0 Å². The fourth-order valence-corrected chi connectivity index (χ4v) is 3.19. The van der Waals surface area contributed by atoms with Crippen LogP contribution >= 0.6 is 0 Å². The first-order valence-corrected chi connectivity index (χ1v) is 9.22. The molecule has 1 fully saturated rings. The molecule has 0 unspecified atom stereocenters. The molecule has 0 aromatic heterocycles. The summed E-state index contributed by atoms with van der Waals surface area (Å²) in [6.07, 6.45) is 1.48. The molecule has 1 saturated heterocycles. The summed E-state index contributed by atoms with van der Waals surface area (Å²) in [6, 6.07) is 14.2. The highest BCUT2D eigenvalue weighted by molar-refractivity contribution is 5.97. The Labute approximate surface area is 164 Å². The summed E-state index contributed by atoms with van der Waals surface area (Å²) in [5.41, 5.74) is 4.11. The Balaban J connectivity index is 1.63. The molecule has 144 valence electrons. The molecule has 0 aliphatic carbocycles. The zero-order valence-corrected chi connectivity index (χ0v) is 16.1. The van der Waals surface area contributed by atoms with Crippen LogP contribution in [-0.2, 0) is 4.79 Å². The normalized spacial score (nSPS) is 14.6. The van der Waals surface area contributed by atoms with Gasteiger partial charge < -0.3 is 15.1 Å². The molecule has 1 aliphatic heterocycles. The molecule has 1 amide bonds. The maximum absolute atomic E-state index is 13.1. The van der Waals surface area contributed by atoms with Crippen molar-refractivity contribution in [2.45, 2.75) is 13.8 Å². The van der Waals surface area contributed by atoms with Crippen LogP contribution in [0.5, 0.6) is 0 Å². The molecule has 3 rings (SSSR count). The number of halogens is 1. The summed E-state index contributed by atoms with van der Waals surface area (Å²) >= 11 is 0. The van der Waals surface area contributed by atoms with Crippen molar-refractivity contribution in [2.24, 2.45) is 0 Å². The maximum Gasteiger partial charge on any atom is 0.266 e. The third kappa shape index (κ3) is 4.32. The van der Waals surface area contributed by atoms with Crippen LogP contribution in [0, 0.1) is 31.0 Å². The number of nitriles is 1. The lowest BCUT2D eigenvalue weighted by atomic mass is 10.1. The smallest absolute Gasteiger partial charge is 0.266 e. The van der Waals surface area contributed by atoms with Gasteiger partial charge in [0, 0.05) is 43.8 Å². The lowest BCUT2D eigenvalue weighted by Crippen LogP contribution is -2.49. The van der Waals surface area contributed by atoms with Gasteiger partial charge in [-0.05, 0) is 55.3 Å². The number of amides is 1. The lowest BCUT2D eigenvalue weighted by molar-refractivity contribution is -0.127. The standard InChI is InChI=1S/C22H23FN4O/c1-16-4-3-5-21(17(16)2)25-15-18(14-24)22(28)27-12-10-26(11-13-27)20-8-6-19(23)7-9-20/h3-9,15,25H,10-13H2,1-2H3/b18-15-. The summed E-state index contributed by atoms with van der Waals surface area (Å²) in [4.78, 5) is 16.5. The second kappa shape index (κ2) is 8.57. The third-order valence-electron chi connectivity index (χ3n) is 5.09. The van der Waals surface area contributed by atoms with E-state index in [0.717, 1.165) is 22.5 Å². The minimum absolute atomic E-state index is 0.0798. The van der Waals surface area contributed by atoms with Crippen molar-refractivity contribution in [3.05, 3.63) is 71.2 Å². The van der Waals surface area contributed by atoms with E-state index in [1.165, 1.54) is 18.3 Å². The summed E-state index contributed by atoms with van der Waals surface area (Å²) in [5, 5.41) is 12.5. The molecule has 2 aromatic carbocycles. The van der Waals surface area contributed by atoms with E-state index in [9.17, 15) is 14.4 Å². The largest absolute Gasteiger partial charge is 0.368 e. The molecule has 6 heteroatoms. The highest BCUT2D eigenvalue weighted by atomic mass is 19.1. The van der Waals surface area contributed by atoms with E-state index in [-0.39, 0.29) is 17.3 Å². The minimum Gasteiger partial charge on any atom is -0.368 e. The van der Waals surface area contributed by atoms with Crippen LogP contribution in [0.25, 0.3) is 0 Å². The second-order valence-electron chi connectivity index (χ2n) is 6.82. The first-order chi connectivity index (χ1) is 13.5. The van der Waals surface area contributed by atoms with Crippen LogP contribution in [0.4, 0.5) is 15.8 Å². The highest BCUT2D eigenvalue weighted by Crippen LogP contribution is 2.20. The number of nitrogens with one attached hydrogen (secondary N) is 1. The maximum atomic E-state index is 13.1. The van der Waals surface area contributed by atoms with Crippen molar-refractivity contribution in [1.82, 2.24) is 4.90 Å². The van der Waals surface area contributed by atoms with E-state index in [4.69, 9.17) is 0 Å². The summed E-state index contributed by atoms with van der Waals surface area (Å²) in [6.45, 7) is 6.31. The number of benzene rings is 2. The molecule has 2 aromatic rings. The lowest BCUT2D eigenvalue weighted by Gasteiger charge is -2.36. The van der Waals surface area contributed by atoms with E-state index in [2.05, 4.69) is 10.2 Å². The molecule has 0 bridgehead atoms.